The molecule has 1 unspecified atom stereocenters. The van der Waals surface area contributed by atoms with Crippen LogP contribution < -0.4 is 11.3 Å². The molecule has 0 saturated heterocycles. The van der Waals surface area contributed by atoms with Crippen molar-refractivity contribution in [3.8, 4) is 12.3 Å². The molecule has 1 rings (SSSR count). The van der Waals surface area contributed by atoms with Gasteiger partial charge >= 0.3 is 0 Å². The molecule has 0 aromatic carbocycles. The predicted octanol–water partition coefficient (Wildman–Crippen LogP) is 0.918. The van der Waals surface area contributed by atoms with Crippen molar-refractivity contribution >= 4 is 0 Å². The first-order chi connectivity index (χ1) is 6.29. The molecule has 1 aromatic rings. The van der Waals surface area contributed by atoms with Crippen LogP contribution in [-0.4, -0.2) is 4.98 Å². The van der Waals surface area contributed by atoms with E-state index in [-0.39, 0.29) is 6.04 Å². The van der Waals surface area contributed by atoms with Crippen LogP contribution in [0.5, 0.6) is 0 Å². The molecule has 0 bridgehead atoms. The highest BCUT2D eigenvalue weighted by Gasteiger charge is 2.09. The first kappa shape index (κ1) is 9.72. The van der Waals surface area contributed by atoms with Crippen molar-refractivity contribution in [2.45, 2.75) is 19.4 Å². The first-order valence-corrected chi connectivity index (χ1v) is 4.09. The van der Waals surface area contributed by atoms with Crippen LogP contribution in [0.4, 0.5) is 0 Å². The van der Waals surface area contributed by atoms with Crippen molar-refractivity contribution in [1.29, 1.82) is 0 Å². The van der Waals surface area contributed by atoms with Gasteiger partial charge in [0.25, 0.3) is 0 Å². The van der Waals surface area contributed by atoms with Gasteiger partial charge in [-0.15, -0.1) is 12.3 Å². The molecule has 1 aromatic heterocycles. The molecule has 1 atom stereocenters. The van der Waals surface area contributed by atoms with E-state index in [1.165, 1.54) is 0 Å². The lowest BCUT2D eigenvalue weighted by molar-refractivity contribution is 0.563. The van der Waals surface area contributed by atoms with E-state index in [1.807, 2.05) is 13.0 Å². The van der Waals surface area contributed by atoms with E-state index < -0.39 is 0 Å². The van der Waals surface area contributed by atoms with E-state index in [2.05, 4.69) is 16.3 Å². The number of hydrazine groups is 1. The SMILES string of the molecule is C#CCC(NN)c1cnccc1C. The summed E-state index contributed by atoms with van der Waals surface area (Å²) in [6.45, 7) is 2.01. The van der Waals surface area contributed by atoms with Crippen molar-refractivity contribution in [2.75, 3.05) is 0 Å². The van der Waals surface area contributed by atoms with Crippen LogP contribution in [0.1, 0.15) is 23.6 Å². The number of terminal acetylenes is 1. The second kappa shape index (κ2) is 4.61. The normalized spacial score (nSPS) is 12.1. The van der Waals surface area contributed by atoms with Gasteiger partial charge in [-0.2, -0.15) is 0 Å². The summed E-state index contributed by atoms with van der Waals surface area (Å²) in [5.74, 6) is 7.96. The van der Waals surface area contributed by atoms with Crippen LogP contribution in [0.15, 0.2) is 18.5 Å². The van der Waals surface area contributed by atoms with Gasteiger partial charge in [-0.1, -0.05) is 0 Å². The Labute approximate surface area is 78.3 Å². The molecule has 1 heterocycles. The first-order valence-electron chi connectivity index (χ1n) is 4.09. The summed E-state index contributed by atoms with van der Waals surface area (Å²) in [6, 6.07) is 1.94. The smallest absolute Gasteiger partial charge is 0.0586 e. The minimum absolute atomic E-state index is 0.00120. The average molecular weight is 175 g/mol. The minimum Gasteiger partial charge on any atom is -0.271 e. The van der Waals surface area contributed by atoms with Crippen molar-refractivity contribution in [3.63, 3.8) is 0 Å². The number of nitrogens with two attached hydrogens (primary N) is 1. The van der Waals surface area contributed by atoms with Crippen molar-refractivity contribution in [1.82, 2.24) is 10.4 Å². The van der Waals surface area contributed by atoms with Crippen LogP contribution in [0.25, 0.3) is 0 Å². The van der Waals surface area contributed by atoms with Crippen LogP contribution in [0, 0.1) is 19.3 Å². The largest absolute Gasteiger partial charge is 0.271 e. The van der Waals surface area contributed by atoms with E-state index in [0.717, 1.165) is 11.1 Å². The van der Waals surface area contributed by atoms with Gasteiger partial charge in [0.2, 0.25) is 0 Å². The van der Waals surface area contributed by atoms with Crippen molar-refractivity contribution in [3.05, 3.63) is 29.6 Å². The van der Waals surface area contributed by atoms with Gasteiger partial charge in [0.1, 0.15) is 0 Å². The van der Waals surface area contributed by atoms with Gasteiger partial charge in [-0.25, -0.2) is 0 Å². The molecule has 0 aliphatic rings. The van der Waals surface area contributed by atoms with Gasteiger partial charge in [0, 0.05) is 18.8 Å². The zero-order valence-electron chi connectivity index (χ0n) is 7.62. The fraction of sp³-hybridized carbons (Fsp3) is 0.300. The van der Waals surface area contributed by atoms with Crippen molar-refractivity contribution < 1.29 is 0 Å². The molecule has 13 heavy (non-hydrogen) atoms. The average Bonchev–Trinajstić information content (AvgIpc) is 2.16. The number of aromatic nitrogens is 1. The van der Waals surface area contributed by atoms with Crippen LogP contribution >= 0.6 is 0 Å². The second-order valence-electron chi connectivity index (χ2n) is 2.86. The molecular formula is C10H13N3. The summed E-state index contributed by atoms with van der Waals surface area (Å²) in [5, 5.41) is 0. The molecule has 0 fully saturated rings. The lowest BCUT2D eigenvalue weighted by Crippen LogP contribution is -2.28. The van der Waals surface area contributed by atoms with E-state index >= 15 is 0 Å². The highest BCUT2D eigenvalue weighted by Crippen LogP contribution is 2.17. The lowest BCUT2D eigenvalue weighted by atomic mass is 10.0. The summed E-state index contributed by atoms with van der Waals surface area (Å²) in [4.78, 5) is 4.03. The van der Waals surface area contributed by atoms with Gasteiger partial charge in [-0.3, -0.25) is 16.3 Å². The second-order valence-corrected chi connectivity index (χ2v) is 2.86. The molecule has 0 radical (unpaired) electrons. The number of pyridine rings is 1. The number of rotatable bonds is 3. The molecule has 3 nitrogen and oxygen atoms in total. The third kappa shape index (κ3) is 2.28. The molecule has 3 heteroatoms. The maximum absolute atomic E-state index is 5.39. The molecule has 3 N–H and O–H groups in total. The Morgan fingerprint density at radius 1 is 1.77 bits per heavy atom. The van der Waals surface area contributed by atoms with E-state index in [0.29, 0.717) is 6.42 Å². The summed E-state index contributed by atoms with van der Waals surface area (Å²) < 4.78 is 0. The van der Waals surface area contributed by atoms with Gasteiger partial charge in [-0.05, 0) is 24.1 Å². The van der Waals surface area contributed by atoms with E-state index in [9.17, 15) is 0 Å². The summed E-state index contributed by atoms with van der Waals surface area (Å²) in [5.41, 5.74) is 4.88. The fourth-order valence-corrected chi connectivity index (χ4v) is 1.22. The van der Waals surface area contributed by atoms with Crippen LogP contribution in [-0.2, 0) is 0 Å². The standard InChI is InChI=1S/C10H13N3/c1-3-4-10(13-11)9-7-12-6-5-8(9)2/h1,5-7,10,13H,4,11H2,2H3. The Morgan fingerprint density at radius 3 is 3.08 bits per heavy atom. The fourth-order valence-electron chi connectivity index (χ4n) is 1.22. The zero-order chi connectivity index (χ0) is 9.68. The molecule has 0 aliphatic carbocycles. The Bertz CT molecular complexity index is 314. The number of hydrogen-bond acceptors (Lipinski definition) is 3. The predicted molar refractivity (Wildman–Crippen MR) is 52.5 cm³/mol. The third-order valence-electron chi connectivity index (χ3n) is 1.98. The molecule has 68 valence electrons. The minimum atomic E-state index is -0.00120. The quantitative estimate of drug-likeness (QED) is 0.408. The lowest BCUT2D eigenvalue weighted by Gasteiger charge is -2.14. The third-order valence-corrected chi connectivity index (χ3v) is 1.98. The molecule has 0 saturated carbocycles. The number of hydrogen-bond donors (Lipinski definition) is 2. The Hall–Kier alpha value is -1.37. The Balaban J connectivity index is 2.92. The topological polar surface area (TPSA) is 50.9 Å². The van der Waals surface area contributed by atoms with E-state index in [1.54, 1.807) is 12.4 Å². The summed E-state index contributed by atoms with van der Waals surface area (Å²) in [7, 11) is 0. The van der Waals surface area contributed by atoms with Crippen LogP contribution in [0.2, 0.25) is 0 Å². The van der Waals surface area contributed by atoms with E-state index in [4.69, 9.17) is 12.3 Å². The summed E-state index contributed by atoms with van der Waals surface area (Å²) in [6.07, 6.45) is 9.34. The summed E-state index contributed by atoms with van der Waals surface area (Å²) >= 11 is 0. The monoisotopic (exact) mass is 175 g/mol. The molecule has 0 spiro atoms. The van der Waals surface area contributed by atoms with Gasteiger partial charge in [0.15, 0.2) is 0 Å². The van der Waals surface area contributed by atoms with Crippen molar-refractivity contribution in [2.24, 2.45) is 5.84 Å². The van der Waals surface area contributed by atoms with Gasteiger partial charge < -0.3 is 0 Å². The zero-order valence-corrected chi connectivity index (χ0v) is 7.62. The molecular weight excluding hydrogens is 162 g/mol. The number of nitrogens with zero attached hydrogens (tertiary/aromatic N) is 1. The molecule has 0 aliphatic heterocycles. The maximum Gasteiger partial charge on any atom is 0.0586 e. The molecule has 0 amide bonds. The highest BCUT2D eigenvalue weighted by molar-refractivity contribution is 5.25. The number of nitrogens with one attached hydrogen (secondary N) is 1. The highest BCUT2D eigenvalue weighted by atomic mass is 15.2. The Kier molecular flexibility index (Phi) is 3.44. The maximum atomic E-state index is 5.39. The number of aryl methyl sites for hydroxylation is 1. The van der Waals surface area contributed by atoms with Crippen LogP contribution in [0.3, 0.4) is 0 Å². The Morgan fingerprint density at radius 2 is 2.54 bits per heavy atom. The van der Waals surface area contributed by atoms with Gasteiger partial charge in [0.05, 0.1) is 6.04 Å².